The third kappa shape index (κ3) is 2.02. The van der Waals surface area contributed by atoms with Gasteiger partial charge in [-0.05, 0) is 70.1 Å². The van der Waals surface area contributed by atoms with E-state index in [4.69, 9.17) is 5.73 Å². The molecule has 0 aliphatic heterocycles. The van der Waals surface area contributed by atoms with Gasteiger partial charge >= 0.3 is 5.97 Å². The van der Waals surface area contributed by atoms with Crippen molar-refractivity contribution < 1.29 is 23.5 Å². The highest BCUT2D eigenvalue weighted by molar-refractivity contribution is 9.10. The van der Waals surface area contributed by atoms with Crippen molar-refractivity contribution in [1.82, 2.24) is 0 Å². The van der Waals surface area contributed by atoms with Gasteiger partial charge < -0.3 is 10.8 Å². The lowest BCUT2D eigenvalue weighted by Gasteiger charge is -2.37. The van der Waals surface area contributed by atoms with Crippen molar-refractivity contribution in [2.24, 2.45) is 34.3 Å². The molecule has 1 amide bonds. The van der Waals surface area contributed by atoms with Gasteiger partial charge in [-0.15, -0.1) is 0 Å². The highest BCUT2D eigenvalue weighted by Gasteiger charge is 2.76. The van der Waals surface area contributed by atoms with E-state index in [9.17, 15) is 23.5 Å². The zero-order valence-electron chi connectivity index (χ0n) is 13.1. The maximum absolute atomic E-state index is 13.9. The number of carbonyl (C=O) groups excluding carboxylic acids is 1. The van der Waals surface area contributed by atoms with Gasteiger partial charge in [-0.2, -0.15) is 0 Å². The zero-order chi connectivity index (χ0) is 18.1. The minimum atomic E-state index is -1.37. The van der Waals surface area contributed by atoms with Crippen LogP contribution in [0.25, 0.3) is 0 Å². The lowest BCUT2D eigenvalue weighted by atomic mass is 9.64. The highest BCUT2D eigenvalue weighted by atomic mass is 79.9. The molecule has 0 aromatic heterocycles. The van der Waals surface area contributed by atoms with Crippen LogP contribution < -0.4 is 5.73 Å². The average Bonchev–Trinajstić information content (AvgIpc) is 3.19. The topological polar surface area (TPSA) is 80.4 Å². The summed E-state index contributed by atoms with van der Waals surface area (Å²) in [7, 11) is 0. The van der Waals surface area contributed by atoms with Crippen LogP contribution >= 0.6 is 15.9 Å². The summed E-state index contributed by atoms with van der Waals surface area (Å²) in [5, 5.41) is 9.81. The largest absolute Gasteiger partial charge is 0.481 e. The Morgan fingerprint density at radius 3 is 2.32 bits per heavy atom. The summed E-state index contributed by atoms with van der Waals surface area (Å²) in [5.41, 5.74) is 4.36. The molecular formula is C18H16BrF2NO3. The van der Waals surface area contributed by atoms with E-state index in [2.05, 4.69) is 15.9 Å². The predicted octanol–water partition coefficient (Wildman–Crippen LogP) is 3.04. The van der Waals surface area contributed by atoms with Gasteiger partial charge in [0.05, 0.1) is 15.8 Å². The highest BCUT2D eigenvalue weighted by Crippen LogP contribution is 2.76. The van der Waals surface area contributed by atoms with Crippen molar-refractivity contribution in [3.05, 3.63) is 46.0 Å². The number of aliphatic carboxylic acids is 1. The molecule has 2 bridgehead atoms. The Balaban J connectivity index is 1.84. The van der Waals surface area contributed by atoms with Gasteiger partial charge in [-0.25, -0.2) is 8.78 Å². The third-order valence-electron chi connectivity index (χ3n) is 6.36. The molecule has 0 heterocycles. The molecule has 0 radical (unpaired) electrons. The number of benzene rings is 1. The first-order valence-corrected chi connectivity index (χ1v) is 8.88. The number of allylic oxidation sites excluding steroid dienone is 2. The van der Waals surface area contributed by atoms with E-state index in [1.165, 1.54) is 0 Å². The van der Waals surface area contributed by atoms with E-state index in [-0.39, 0.29) is 33.7 Å². The first kappa shape index (κ1) is 16.7. The lowest BCUT2D eigenvalue weighted by Crippen LogP contribution is -2.50. The Labute approximate surface area is 151 Å². The molecule has 4 atom stereocenters. The van der Waals surface area contributed by atoms with E-state index in [0.29, 0.717) is 0 Å². The number of halogens is 3. The van der Waals surface area contributed by atoms with Crippen LogP contribution in [0.2, 0.25) is 0 Å². The second-order valence-corrected chi connectivity index (χ2v) is 8.19. The molecule has 132 valence electrons. The lowest BCUT2D eigenvalue weighted by molar-refractivity contribution is -0.153. The molecule has 4 nitrogen and oxygen atoms in total. The van der Waals surface area contributed by atoms with Gasteiger partial charge in [0.25, 0.3) is 0 Å². The van der Waals surface area contributed by atoms with Gasteiger partial charge in [0.2, 0.25) is 5.91 Å². The van der Waals surface area contributed by atoms with Crippen LogP contribution in [0.4, 0.5) is 8.78 Å². The third-order valence-corrected chi connectivity index (χ3v) is 7.11. The van der Waals surface area contributed by atoms with E-state index < -0.39 is 34.8 Å². The van der Waals surface area contributed by atoms with Crippen LogP contribution in [-0.2, 0) is 16.0 Å². The number of carboxylic acids is 1. The number of carboxylic acid groups (broad SMARTS) is 1. The van der Waals surface area contributed by atoms with Crippen molar-refractivity contribution in [3.8, 4) is 0 Å². The number of hydrogen-bond acceptors (Lipinski definition) is 2. The Morgan fingerprint density at radius 1 is 1.24 bits per heavy atom. The molecule has 3 aliphatic rings. The van der Waals surface area contributed by atoms with E-state index in [1.807, 2.05) is 12.2 Å². The molecule has 7 heteroatoms. The number of hydrogen-bond donors (Lipinski definition) is 2. The molecule has 0 unspecified atom stereocenters. The van der Waals surface area contributed by atoms with Crippen LogP contribution in [0.3, 0.4) is 0 Å². The fraction of sp³-hybridized carbons (Fsp3) is 0.444. The summed E-state index contributed by atoms with van der Waals surface area (Å²) in [6.07, 6.45) is 5.36. The van der Waals surface area contributed by atoms with Crippen molar-refractivity contribution in [2.75, 3.05) is 0 Å². The molecule has 1 aromatic rings. The maximum atomic E-state index is 13.9. The fourth-order valence-electron chi connectivity index (χ4n) is 5.29. The fourth-order valence-corrected chi connectivity index (χ4v) is 5.52. The molecule has 25 heavy (non-hydrogen) atoms. The smallest absolute Gasteiger partial charge is 0.308 e. The van der Waals surface area contributed by atoms with Gasteiger partial charge in [0.15, 0.2) is 0 Å². The second kappa shape index (κ2) is 5.13. The van der Waals surface area contributed by atoms with Crippen LogP contribution in [0.1, 0.15) is 18.4 Å². The average molecular weight is 412 g/mol. The minimum Gasteiger partial charge on any atom is -0.481 e. The van der Waals surface area contributed by atoms with Crippen LogP contribution in [0.15, 0.2) is 28.8 Å². The number of nitrogens with two attached hydrogens (primary N) is 1. The first-order valence-electron chi connectivity index (χ1n) is 8.08. The van der Waals surface area contributed by atoms with Gasteiger partial charge in [-0.1, -0.05) is 12.2 Å². The summed E-state index contributed by atoms with van der Waals surface area (Å²) in [6, 6.07) is 2.26. The zero-order valence-corrected chi connectivity index (χ0v) is 14.7. The molecule has 3 N–H and O–H groups in total. The standard InChI is InChI=1S/C18H16BrF2NO3/c19-14-10(20)5-8(6-11(14)21)7-18(16(22)25)12-2-1-9(13(18)15(23)24)17(12)3-4-17/h1-2,5-6,9,12-13H,3-4,7H2,(H2,22,25)(H,23,24)/t9-,12+,13+,18-/m1/s1. The normalized spacial score (nSPS) is 33.8. The number of amides is 1. The Bertz CT molecular complexity index is 813. The van der Waals surface area contributed by atoms with Gasteiger partial charge in [-0.3, -0.25) is 9.59 Å². The number of carbonyl (C=O) groups is 2. The summed E-state index contributed by atoms with van der Waals surface area (Å²) >= 11 is 2.82. The maximum Gasteiger partial charge on any atom is 0.308 e. The van der Waals surface area contributed by atoms with E-state index in [1.54, 1.807) is 0 Å². The molecule has 3 aliphatic carbocycles. The van der Waals surface area contributed by atoms with Gasteiger partial charge in [0.1, 0.15) is 11.6 Å². The predicted molar refractivity (Wildman–Crippen MR) is 88.3 cm³/mol. The van der Waals surface area contributed by atoms with Crippen molar-refractivity contribution in [3.63, 3.8) is 0 Å². The summed E-state index contributed by atoms with van der Waals surface area (Å²) in [6.45, 7) is 0. The van der Waals surface area contributed by atoms with Crippen LogP contribution in [0, 0.1) is 40.2 Å². The Hall–Kier alpha value is -1.76. The molecule has 2 saturated carbocycles. The number of rotatable bonds is 4. The van der Waals surface area contributed by atoms with Crippen LogP contribution in [-0.4, -0.2) is 17.0 Å². The van der Waals surface area contributed by atoms with Crippen molar-refractivity contribution >= 4 is 27.8 Å². The van der Waals surface area contributed by atoms with Crippen LogP contribution in [0.5, 0.6) is 0 Å². The Kier molecular flexibility index (Phi) is 3.42. The molecule has 1 spiro atoms. The summed E-state index contributed by atoms with van der Waals surface area (Å²) in [4.78, 5) is 24.5. The quantitative estimate of drug-likeness (QED) is 0.590. The van der Waals surface area contributed by atoms with Gasteiger partial charge in [0, 0.05) is 0 Å². The molecule has 4 rings (SSSR count). The molecule has 1 aromatic carbocycles. The summed E-state index contributed by atoms with van der Waals surface area (Å²) < 4.78 is 27.5. The van der Waals surface area contributed by atoms with Crippen molar-refractivity contribution in [2.45, 2.75) is 19.3 Å². The molecule has 0 saturated heterocycles. The number of primary amides is 1. The Morgan fingerprint density at radius 2 is 1.84 bits per heavy atom. The molecule has 2 fully saturated rings. The molecular weight excluding hydrogens is 396 g/mol. The van der Waals surface area contributed by atoms with Crippen molar-refractivity contribution in [1.29, 1.82) is 0 Å². The SMILES string of the molecule is NC(=O)[C@@]1(Cc2cc(F)c(Br)c(F)c2)[C@H](C(=O)O)[C@H]2C=C[C@H]1C21CC1. The first-order chi connectivity index (χ1) is 11.7. The van der Waals surface area contributed by atoms with E-state index in [0.717, 1.165) is 25.0 Å². The summed E-state index contributed by atoms with van der Waals surface area (Å²) in [5.74, 6) is -4.92. The second-order valence-electron chi connectivity index (χ2n) is 7.39. The monoisotopic (exact) mass is 411 g/mol. The van der Waals surface area contributed by atoms with E-state index >= 15 is 0 Å². The minimum absolute atomic E-state index is 0.0896.